The normalized spacial score (nSPS) is 11.0. The topological polar surface area (TPSA) is 68.1 Å². The van der Waals surface area contributed by atoms with Crippen molar-refractivity contribution < 1.29 is 19.5 Å². The van der Waals surface area contributed by atoms with Crippen LogP contribution in [0.2, 0.25) is 0 Å². The molecule has 5 heteroatoms. The third kappa shape index (κ3) is 3.27. The van der Waals surface area contributed by atoms with E-state index in [9.17, 15) is 4.79 Å². The molecule has 0 fully saturated rings. The van der Waals surface area contributed by atoms with Crippen molar-refractivity contribution in [2.45, 2.75) is 6.42 Å². The maximum absolute atomic E-state index is 11.1. The SMILES string of the molecule is CON=C(CC(=O)OC)c1ccc(O)cc1. The van der Waals surface area contributed by atoms with Crippen molar-refractivity contribution in [3.8, 4) is 5.75 Å². The van der Waals surface area contributed by atoms with Crippen LogP contribution in [0.5, 0.6) is 5.75 Å². The molecule has 0 aliphatic heterocycles. The van der Waals surface area contributed by atoms with Gasteiger partial charge in [-0.2, -0.15) is 0 Å². The van der Waals surface area contributed by atoms with E-state index in [1.165, 1.54) is 26.4 Å². The molecule has 0 unspecified atom stereocenters. The van der Waals surface area contributed by atoms with Crippen molar-refractivity contribution in [3.05, 3.63) is 29.8 Å². The Labute approximate surface area is 93.3 Å². The maximum Gasteiger partial charge on any atom is 0.311 e. The van der Waals surface area contributed by atoms with Gasteiger partial charge in [0.15, 0.2) is 0 Å². The Balaban J connectivity index is 2.90. The number of oxime groups is 1. The lowest BCUT2D eigenvalue weighted by atomic mass is 10.1. The fourth-order valence-corrected chi connectivity index (χ4v) is 1.16. The summed E-state index contributed by atoms with van der Waals surface area (Å²) in [4.78, 5) is 15.8. The summed E-state index contributed by atoms with van der Waals surface area (Å²) in [7, 11) is 2.71. The number of phenolic OH excluding ortho intramolecular Hbond substituents is 1. The molecule has 0 spiro atoms. The van der Waals surface area contributed by atoms with Crippen molar-refractivity contribution in [1.29, 1.82) is 0 Å². The smallest absolute Gasteiger partial charge is 0.311 e. The van der Waals surface area contributed by atoms with Gasteiger partial charge in [-0.1, -0.05) is 5.16 Å². The number of benzene rings is 1. The lowest BCUT2D eigenvalue weighted by molar-refractivity contribution is -0.139. The lowest BCUT2D eigenvalue weighted by Gasteiger charge is -2.04. The minimum atomic E-state index is -0.399. The van der Waals surface area contributed by atoms with Gasteiger partial charge < -0.3 is 14.7 Å². The van der Waals surface area contributed by atoms with Gasteiger partial charge in [-0.25, -0.2) is 0 Å². The van der Waals surface area contributed by atoms with Crippen LogP contribution < -0.4 is 0 Å². The molecule has 0 heterocycles. The van der Waals surface area contributed by atoms with E-state index in [4.69, 9.17) is 5.11 Å². The third-order valence-electron chi connectivity index (χ3n) is 1.94. The van der Waals surface area contributed by atoms with Gasteiger partial charge in [-0.15, -0.1) is 0 Å². The van der Waals surface area contributed by atoms with E-state index in [1.54, 1.807) is 12.1 Å². The number of aromatic hydroxyl groups is 1. The molecular weight excluding hydrogens is 210 g/mol. The monoisotopic (exact) mass is 223 g/mol. The molecule has 0 radical (unpaired) electrons. The first-order valence-corrected chi connectivity index (χ1v) is 4.63. The zero-order valence-corrected chi connectivity index (χ0v) is 9.14. The van der Waals surface area contributed by atoms with Crippen LogP contribution in [0.1, 0.15) is 12.0 Å². The van der Waals surface area contributed by atoms with Crippen LogP contribution in [0.3, 0.4) is 0 Å². The van der Waals surface area contributed by atoms with Gasteiger partial charge in [0.05, 0.1) is 19.2 Å². The zero-order chi connectivity index (χ0) is 12.0. The molecule has 16 heavy (non-hydrogen) atoms. The van der Waals surface area contributed by atoms with Gasteiger partial charge in [0, 0.05) is 5.56 Å². The molecule has 0 saturated heterocycles. The average molecular weight is 223 g/mol. The summed E-state index contributed by atoms with van der Waals surface area (Å²) in [6.07, 6.45) is 0.0229. The van der Waals surface area contributed by atoms with Crippen molar-refractivity contribution >= 4 is 11.7 Å². The van der Waals surface area contributed by atoms with Gasteiger partial charge in [-0.05, 0) is 24.3 Å². The van der Waals surface area contributed by atoms with Gasteiger partial charge in [-0.3, -0.25) is 4.79 Å². The van der Waals surface area contributed by atoms with Crippen molar-refractivity contribution in [1.82, 2.24) is 0 Å². The van der Waals surface area contributed by atoms with E-state index in [1.807, 2.05) is 0 Å². The van der Waals surface area contributed by atoms with Crippen LogP contribution in [0.25, 0.3) is 0 Å². The second-order valence-corrected chi connectivity index (χ2v) is 3.02. The molecule has 86 valence electrons. The Kier molecular flexibility index (Phi) is 4.32. The minimum Gasteiger partial charge on any atom is -0.508 e. The summed E-state index contributed by atoms with van der Waals surface area (Å²) in [6, 6.07) is 6.32. The predicted octanol–water partition coefficient (Wildman–Crippen LogP) is 1.31. The molecule has 0 aromatic heterocycles. The Bertz CT molecular complexity index is 383. The number of ether oxygens (including phenoxy) is 1. The molecule has 0 aliphatic carbocycles. The molecule has 1 aromatic rings. The fourth-order valence-electron chi connectivity index (χ4n) is 1.16. The Morgan fingerprint density at radius 3 is 2.44 bits per heavy atom. The maximum atomic E-state index is 11.1. The van der Waals surface area contributed by atoms with Crippen molar-refractivity contribution in [2.75, 3.05) is 14.2 Å². The summed E-state index contributed by atoms with van der Waals surface area (Å²) in [5.74, 6) is -0.248. The number of rotatable bonds is 4. The van der Waals surface area contributed by atoms with E-state index in [0.29, 0.717) is 11.3 Å². The van der Waals surface area contributed by atoms with E-state index in [-0.39, 0.29) is 12.2 Å². The molecule has 0 atom stereocenters. The van der Waals surface area contributed by atoms with Crippen LogP contribution in [0, 0.1) is 0 Å². The highest BCUT2D eigenvalue weighted by molar-refractivity contribution is 6.09. The molecule has 0 aliphatic rings. The summed E-state index contributed by atoms with van der Waals surface area (Å²) >= 11 is 0. The Morgan fingerprint density at radius 1 is 1.31 bits per heavy atom. The third-order valence-corrected chi connectivity index (χ3v) is 1.94. The Hall–Kier alpha value is -2.04. The molecule has 5 nitrogen and oxygen atoms in total. The first-order valence-electron chi connectivity index (χ1n) is 4.63. The van der Waals surface area contributed by atoms with Crippen LogP contribution >= 0.6 is 0 Å². The number of carbonyl (C=O) groups excluding carboxylic acids is 1. The van der Waals surface area contributed by atoms with E-state index >= 15 is 0 Å². The van der Waals surface area contributed by atoms with Crippen LogP contribution in [0.4, 0.5) is 0 Å². The lowest BCUT2D eigenvalue weighted by Crippen LogP contribution is -2.11. The second kappa shape index (κ2) is 5.75. The zero-order valence-electron chi connectivity index (χ0n) is 9.14. The van der Waals surface area contributed by atoms with Crippen LogP contribution in [-0.2, 0) is 14.4 Å². The van der Waals surface area contributed by atoms with Crippen LogP contribution in [-0.4, -0.2) is 31.0 Å². The largest absolute Gasteiger partial charge is 0.508 e. The average Bonchev–Trinajstić information content (AvgIpc) is 2.29. The molecule has 0 bridgehead atoms. The van der Waals surface area contributed by atoms with Crippen LogP contribution in [0.15, 0.2) is 29.4 Å². The molecule has 0 amide bonds. The fraction of sp³-hybridized carbons (Fsp3) is 0.273. The molecule has 0 saturated carbocycles. The number of esters is 1. The van der Waals surface area contributed by atoms with Gasteiger partial charge in [0.2, 0.25) is 0 Å². The summed E-state index contributed by atoms with van der Waals surface area (Å²) in [5.41, 5.74) is 1.15. The van der Waals surface area contributed by atoms with Crippen molar-refractivity contribution in [2.24, 2.45) is 5.16 Å². The number of methoxy groups -OCH3 is 1. The highest BCUT2D eigenvalue weighted by Crippen LogP contribution is 2.12. The number of carbonyl (C=O) groups is 1. The highest BCUT2D eigenvalue weighted by Gasteiger charge is 2.10. The Morgan fingerprint density at radius 2 is 1.94 bits per heavy atom. The van der Waals surface area contributed by atoms with Gasteiger partial charge in [0.1, 0.15) is 12.9 Å². The summed E-state index contributed by atoms with van der Waals surface area (Å²) < 4.78 is 4.55. The quantitative estimate of drug-likeness (QED) is 0.474. The minimum absolute atomic E-state index is 0.0229. The molecular formula is C11H13NO4. The number of hydrogen-bond acceptors (Lipinski definition) is 5. The first-order chi connectivity index (χ1) is 7.67. The standard InChI is InChI=1S/C11H13NO4/c1-15-11(14)7-10(12-16-2)8-3-5-9(13)6-4-8/h3-6,13H,7H2,1-2H3. The van der Waals surface area contributed by atoms with Gasteiger partial charge in [0.25, 0.3) is 0 Å². The summed E-state index contributed by atoms with van der Waals surface area (Å²) in [6.45, 7) is 0. The van der Waals surface area contributed by atoms with Gasteiger partial charge >= 0.3 is 5.97 Å². The van der Waals surface area contributed by atoms with E-state index in [0.717, 1.165) is 0 Å². The van der Waals surface area contributed by atoms with E-state index < -0.39 is 5.97 Å². The number of hydrogen-bond donors (Lipinski definition) is 1. The second-order valence-electron chi connectivity index (χ2n) is 3.02. The summed E-state index contributed by atoms with van der Waals surface area (Å²) in [5, 5.41) is 12.9. The molecule has 1 rings (SSSR count). The number of phenols is 1. The van der Waals surface area contributed by atoms with E-state index in [2.05, 4.69) is 14.7 Å². The molecule has 1 aromatic carbocycles. The van der Waals surface area contributed by atoms with Crippen molar-refractivity contribution in [3.63, 3.8) is 0 Å². The first kappa shape index (κ1) is 12.0. The highest BCUT2D eigenvalue weighted by atomic mass is 16.6. The molecule has 1 N–H and O–H groups in total. The predicted molar refractivity (Wildman–Crippen MR) is 58.3 cm³/mol. The number of nitrogens with zero attached hydrogens (tertiary/aromatic N) is 1.